The van der Waals surface area contributed by atoms with E-state index in [1.54, 1.807) is 0 Å². The van der Waals surface area contributed by atoms with Gasteiger partial charge in [-0.05, 0) is 24.1 Å². The summed E-state index contributed by atoms with van der Waals surface area (Å²) in [5.41, 5.74) is 1.67. The number of nitrogens with zero attached hydrogens (tertiary/aromatic N) is 1. The number of benzene rings is 1. The molecule has 1 aliphatic rings. The molecule has 72 valence electrons. The van der Waals surface area contributed by atoms with E-state index in [2.05, 4.69) is 6.07 Å². The number of nitriles is 1. The Kier molecular flexibility index (Phi) is 2.28. The van der Waals surface area contributed by atoms with Gasteiger partial charge in [-0.2, -0.15) is 5.26 Å². The fraction of sp³-hybridized carbons (Fsp3) is 0.364. The summed E-state index contributed by atoms with van der Waals surface area (Å²) in [6.07, 6.45) is 0.894. The van der Waals surface area contributed by atoms with Gasteiger partial charge in [0.15, 0.2) is 11.5 Å². The lowest BCUT2D eigenvalue weighted by Gasteiger charge is -2.19. The van der Waals surface area contributed by atoms with Gasteiger partial charge in [-0.1, -0.05) is 6.92 Å². The zero-order valence-electron chi connectivity index (χ0n) is 8.04. The topological polar surface area (TPSA) is 42.2 Å². The smallest absolute Gasteiger partial charge is 0.179 e. The molecular weight excluding hydrogens is 178 g/mol. The van der Waals surface area contributed by atoms with Crippen molar-refractivity contribution in [3.8, 4) is 17.6 Å². The van der Waals surface area contributed by atoms with Gasteiger partial charge in [0, 0.05) is 0 Å². The van der Waals surface area contributed by atoms with Crippen molar-refractivity contribution in [3.05, 3.63) is 23.3 Å². The quantitative estimate of drug-likeness (QED) is 0.677. The minimum Gasteiger partial charge on any atom is -0.486 e. The van der Waals surface area contributed by atoms with Gasteiger partial charge in [0.1, 0.15) is 19.3 Å². The Balaban J connectivity index is 2.54. The molecular formula is C11H11NO2. The minimum absolute atomic E-state index is 0.521. The van der Waals surface area contributed by atoms with E-state index in [0.717, 1.165) is 12.0 Å². The molecule has 1 aromatic rings. The molecule has 1 aromatic carbocycles. The number of hydrogen-bond donors (Lipinski definition) is 0. The summed E-state index contributed by atoms with van der Waals surface area (Å²) >= 11 is 0. The molecule has 2 rings (SSSR count). The summed E-state index contributed by atoms with van der Waals surface area (Å²) < 4.78 is 10.8. The van der Waals surface area contributed by atoms with Gasteiger partial charge in [-0.25, -0.2) is 0 Å². The first kappa shape index (κ1) is 8.89. The van der Waals surface area contributed by atoms with E-state index >= 15 is 0 Å². The van der Waals surface area contributed by atoms with Gasteiger partial charge in [0.2, 0.25) is 0 Å². The largest absolute Gasteiger partial charge is 0.486 e. The molecule has 14 heavy (non-hydrogen) atoms. The van der Waals surface area contributed by atoms with Crippen LogP contribution in [0.25, 0.3) is 0 Å². The SMILES string of the molecule is CCc1cc(C#N)c2c(c1)OCCO2. The lowest BCUT2D eigenvalue weighted by Crippen LogP contribution is -2.16. The van der Waals surface area contributed by atoms with Crippen molar-refractivity contribution in [1.29, 1.82) is 5.26 Å². The Bertz CT molecular complexity index is 393. The zero-order chi connectivity index (χ0) is 9.97. The Morgan fingerprint density at radius 3 is 2.86 bits per heavy atom. The maximum Gasteiger partial charge on any atom is 0.179 e. The van der Waals surface area contributed by atoms with E-state index in [4.69, 9.17) is 14.7 Å². The molecule has 0 aliphatic carbocycles. The summed E-state index contributed by atoms with van der Waals surface area (Å²) in [7, 11) is 0. The standard InChI is InChI=1S/C11H11NO2/c1-2-8-5-9(7-12)11-10(6-8)13-3-4-14-11/h5-6H,2-4H2,1H3. The molecule has 3 nitrogen and oxygen atoms in total. The maximum absolute atomic E-state index is 8.93. The second kappa shape index (κ2) is 3.59. The third-order valence-electron chi connectivity index (χ3n) is 2.23. The van der Waals surface area contributed by atoms with Crippen LogP contribution in [0.1, 0.15) is 18.1 Å². The van der Waals surface area contributed by atoms with Gasteiger partial charge in [-0.15, -0.1) is 0 Å². The van der Waals surface area contributed by atoms with Crippen molar-refractivity contribution in [3.63, 3.8) is 0 Å². The fourth-order valence-corrected chi connectivity index (χ4v) is 1.50. The molecule has 0 atom stereocenters. The van der Waals surface area contributed by atoms with Crippen molar-refractivity contribution in [1.82, 2.24) is 0 Å². The van der Waals surface area contributed by atoms with Crippen LogP contribution in [-0.2, 0) is 6.42 Å². The van der Waals surface area contributed by atoms with Crippen LogP contribution in [0.4, 0.5) is 0 Å². The van der Waals surface area contributed by atoms with Crippen LogP contribution >= 0.6 is 0 Å². The molecule has 0 bridgehead atoms. The first-order valence-electron chi connectivity index (χ1n) is 4.67. The highest BCUT2D eigenvalue weighted by atomic mass is 16.6. The third kappa shape index (κ3) is 1.39. The first-order chi connectivity index (χ1) is 6.85. The van der Waals surface area contributed by atoms with Crippen molar-refractivity contribution < 1.29 is 9.47 Å². The molecule has 0 saturated carbocycles. The van der Waals surface area contributed by atoms with Crippen LogP contribution in [-0.4, -0.2) is 13.2 Å². The highest BCUT2D eigenvalue weighted by Crippen LogP contribution is 2.34. The van der Waals surface area contributed by atoms with E-state index < -0.39 is 0 Å². The van der Waals surface area contributed by atoms with Crippen LogP contribution < -0.4 is 9.47 Å². The molecule has 1 heterocycles. The Hall–Kier alpha value is -1.69. The van der Waals surface area contributed by atoms with Gasteiger partial charge in [-0.3, -0.25) is 0 Å². The maximum atomic E-state index is 8.93. The average molecular weight is 189 g/mol. The fourth-order valence-electron chi connectivity index (χ4n) is 1.50. The third-order valence-corrected chi connectivity index (χ3v) is 2.23. The van der Waals surface area contributed by atoms with Crippen molar-refractivity contribution in [2.45, 2.75) is 13.3 Å². The monoisotopic (exact) mass is 189 g/mol. The lowest BCUT2D eigenvalue weighted by atomic mass is 10.1. The molecule has 0 aromatic heterocycles. The number of fused-ring (bicyclic) bond motifs is 1. The van der Waals surface area contributed by atoms with Crippen LogP contribution in [0, 0.1) is 11.3 Å². The Morgan fingerprint density at radius 1 is 1.36 bits per heavy atom. The van der Waals surface area contributed by atoms with Crippen molar-refractivity contribution in [2.24, 2.45) is 0 Å². The summed E-state index contributed by atoms with van der Waals surface area (Å²) in [5, 5.41) is 8.93. The number of rotatable bonds is 1. The van der Waals surface area contributed by atoms with E-state index in [0.29, 0.717) is 30.3 Å². The van der Waals surface area contributed by atoms with Crippen LogP contribution in [0.15, 0.2) is 12.1 Å². The van der Waals surface area contributed by atoms with Crippen molar-refractivity contribution in [2.75, 3.05) is 13.2 Å². The molecule has 3 heteroatoms. The lowest BCUT2D eigenvalue weighted by molar-refractivity contribution is 0.171. The predicted molar refractivity (Wildman–Crippen MR) is 51.5 cm³/mol. The van der Waals surface area contributed by atoms with Crippen molar-refractivity contribution >= 4 is 0 Å². The molecule has 0 radical (unpaired) electrons. The van der Waals surface area contributed by atoms with Crippen LogP contribution in [0.5, 0.6) is 11.5 Å². The second-order valence-electron chi connectivity index (χ2n) is 3.13. The van der Waals surface area contributed by atoms with Gasteiger partial charge in [0.25, 0.3) is 0 Å². The Labute approximate surface area is 82.9 Å². The second-order valence-corrected chi connectivity index (χ2v) is 3.13. The summed E-state index contributed by atoms with van der Waals surface area (Å²) in [6, 6.07) is 5.92. The number of hydrogen-bond acceptors (Lipinski definition) is 3. The Morgan fingerprint density at radius 2 is 2.14 bits per heavy atom. The molecule has 0 saturated heterocycles. The summed E-state index contributed by atoms with van der Waals surface area (Å²) in [4.78, 5) is 0. The van der Waals surface area contributed by atoms with Gasteiger partial charge < -0.3 is 9.47 Å². The summed E-state index contributed by atoms with van der Waals surface area (Å²) in [5.74, 6) is 1.29. The van der Waals surface area contributed by atoms with E-state index in [9.17, 15) is 0 Å². The number of ether oxygens (including phenoxy) is 2. The first-order valence-corrected chi connectivity index (χ1v) is 4.67. The highest BCUT2D eigenvalue weighted by Gasteiger charge is 2.16. The molecule has 1 aliphatic heterocycles. The van der Waals surface area contributed by atoms with Gasteiger partial charge >= 0.3 is 0 Å². The molecule has 0 N–H and O–H groups in total. The predicted octanol–water partition coefficient (Wildman–Crippen LogP) is 1.89. The number of aryl methyl sites for hydroxylation is 1. The van der Waals surface area contributed by atoms with E-state index in [1.807, 2.05) is 19.1 Å². The summed E-state index contributed by atoms with van der Waals surface area (Å²) in [6.45, 7) is 3.13. The zero-order valence-corrected chi connectivity index (χ0v) is 8.04. The van der Waals surface area contributed by atoms with Crippen LogP contribution in [0.3, 0.4) is 0 Å². The van der Waals surface area contributed by atoms with Gasteiger partial charge in [0.05, 0.1) is 5.56 Å². The normalized spacial score (nSPS) is 13.4. The molecule has 0 unspecified atom stereocenters. The molecule has 0 amide bonds. The minimum atomic E-state index is 0.521. The molecule has 0 spiro atoms. The highest BCUT2D eigenvalue weighted by molar-refractivity contribution is 5.55. The van der Waals surface area contributed by atoms with E-state index in [1.165, 1.54) is 0 Å². The molecule has 0 fully saturated rings. The average Bonchev–Trinajstić information content (AvgIpc) is 2.27. The van der Waals surface area contributed by atoms with Crippen LogP contribution in [0.2, 0.25) is 0 Å². The van der Waals surface area contributed by atoms with E-state index in [-0.39, 0.29) is 0 Å².